The van der Waals surface area contributed by atoms with Crippen LogP contribution in [0.5, 0.6) is 0 Å². The number of benzene rings is 1. The molecule has 0 aliphatic carbocycles. The number of aryl methyl sites for hydroxylation is 2. The summed E-state index contributed by atoms with van der Waals surface area (Å²) >= 11 is 0. The summed E-state index contributed by atoms with van der Waals surface area (Å²) in [5.74, 6) is -0.651. The lowest BCUT2D eigenvalue weighted by Gasteiger charge is -2.11. The van der Waals surface area contributed by atoms with Crippen molar-refractivity contribution in [3.63, 3.8) is 0 Å². The first-order chi connectivity index (χ1) is 12.5. The molecule has 0 saturated carbocycles. The van der Waals surface area contributed by atoms with E-state index in [1.54, 1.807) is 32.0 Å². The summed E-state index contributed by atoms with van der Waals surface area (Å²) < 4.78 is 64.3. The van der Waals surface area contributed by atoms with E-state index >= 15 is 0 Å². The highest BCUT2D eigenvalue weighted by Gasteiger charge is 2.32. The molecule has 0 aliphatic rings. The average molecular weight is 401 g/mol. The first-order valence-electron chi connectivity index (χ1n) is 7.89. The fourth-order valence-corrected chi connectivity index (χ4v) is 3.59. The fraction of sp³-hybridized carbons (Fsp3) is 0.294. The molecule has 0 spiro atoms. The molecule has 1 aromatic carbocycles. The van der Waals surface area contributed by atoms with Gasteiger partial charge in [0.25, 0.3) is 5.91 Å². The molecule has 0 unspecified atom stereocenters. The van der Waals surface area contributed by atoms with Gasteiger partial charge >= 0.3 is 6.18 Å². The molecular weight excluding hydrogens is 383 g/mol. The van der Waals surface area contributed by atoms with Gasteiger partial charge in [-0.25, -0.2) is 13.1 Å². The van der Waals surface area contributed by atoms with E-state index in [9.17, 15) is 26.4 Å². The summed E-state index contributed by atoms with van der Waals surface area (Å²) in [5, 5.41) is 2.42. The van der Waals surface area contributed by atoms with Crippen molar-refractivity contribution in [3.8, 4) is 0 Å². The number of rotatable bonds is 6. The van der Waals surface area contributed by atoms with Gasteiger partial charge in [-0.05, 0) is 43.2 Å². The van der Waals surface area contributed by atoms with Crippen molar-refractivity contribution in [2.24, 2.45) is 0 Å². The third-order valence-electron chi connectivity index (χ3n) is 3.65. The Labute approximate surface area is 154 Å². The largest absolute Gasteiger partial charge is 0.433 e. The second-order valence-electron chi connectivity index (χ2n) is 5.85. The molecule has 0 aliphatic heterocycles. The van der Waals surface area contributed by atoms with Gasteiger partial charge in [0.2, 0.25) is 10.0 Å². The Balaban J connectivity index is 1.91. The van der Waals surface area contributed by atoms with Crippen molar-refractivity contribution in [2.75, 3.05) is 13.1 Å². The van der Waals surface area contributed by atoms with E-state index in [1.165, 1.54) is 0 Å². The van der Waals surface area contributed by atoms with Crippen LogP contribution in [0, 0.1) is 13.8 Å². The molecule has 0 bridgehead atoms. The van der Waals surface area contributed by atoms with Gasteiger partial charge in [0.15, 0.2) is 0 Å². The first-order valence-corrected chi connectivity index (χ1v) is 9.37. The van der Waals surface area contributed by atoms with Gasteiger partial charge < -0.3 is 5.32 Å². The van der Waals surface area contributed by atoms with Crippen molar-refractivity contribution in [1.29, 1.82) is 0 Å². The minimum atomic E-state index is -4.58. The van der Waals surface area contributed by atoms with Gasteiger partial charge in [-0.15, -0.1) is 0 Å². The van der Waals surface area contributed by atoms with Gasteiger partial charge in [-0.2, -0.15) is 13.2 Å². The quantitative estimate of drug-likeness (QED) is 0.728. The predicted octanol–water partition coefficient (Wildman–Crippen LogP) is 2.43. The maximum absolute atomic E-state index is 12.4. The maximum atomic E-state index is 12.4. The van der Waals surface area contributed by atoms with Crippen LogP contribution in [-0.4, -0.2) is 32.4 Å². The van der Waals surface area contributed by atoms with E-state index < -0.39 is 27.8 Å². The molecule has 6 nitrogen and oxygen atoms in total. The number of nitrogens with zero attached hydrogens (tertiary/aromatic N) is 1. The summed E-state index contributed by atoms with van der Waals surface area (Å²) in [6, 6.07) is 6.75. The number of hydrogen-bond acceptors (Lipinski definition) is 4. The summed E-state index contributed by atoms with van der Waals surface area (Å²) in [5.41, 5.74) is 0.234. The van der Waals surface area contributed by atoms with Crippen LogP contribution in [0.15, 0.2) is 41.4 Å². The Morgan fingerprint density at radius 1 is 1.11 bits per heavy atom. The Morgan fingerprint density at radius 2 is 1.81 bits per heavy atom. The average Bonchev–Trinajstić information content (AvgIpc) is 2.60. The van der Waals surface area contributed by atoms with Crippen LogP contribution in [0.1, 0.15) is 27.2 Å². The smallest absolute Gasteiger partial charge is 0.351 e. The molecule has 1 heterocycles. The number of sulfonamides is 1. The lowest BCUT2D eigenvalue weighted by atomic mass is 10.2. The van der Waals surface area contributed by atoms with Crippen molar-refractivity contribution in [1.82, 2.24) is 15.0 Å². The van der Waals surface area contributed by atoms with Gasteiger partial charge in [-0.3, -0.25) is 9.78 Å². The molecule has 0 atom stereocenters. The lowest BCUT2D eigenvalue weighted by molar-refractivity contribution is -0.141. The van der Waals surface area contributed by atoms with E-state index in [2.05, 4.69) is 15.0 Å². The number of carbonyl (C=O) groups is 1. The third kappa shape index (κ3) is 5.51. The van der Waals surface area contributed by atoms with Crippen LogP contribution in [-0.2, 0) is 16.2 Å². The van der Waals surface area contributed by atoms with Crippen molar-refractivity contribution >= 4 is 15.9 Å². The number of carbonyl (C=O) groups excluding carboxylic acids is 1. The van der Waals surface area contributed by atoms with Crippen molar-refractivity contribution in [3.05, 3.63) is 58.9 Å². The molecule has 1 amide bonds. The zero-order valence-corrected chi connectivity index (χ0v) is 15.4. The summed E-state index contributed by atoms with van der Waals surface area (Å²) in [6.45, 7) is 3.34. The van der Waals surface area contributed by atoms with E-state index in [-0.39, 0.29) is 23.5 Å². The van der Waals surface area contributed by atoms with E-state index in [0.29, 0.717) is 11.6 Å². The lowest BCUT2D eigenvalue weighted by Crippen LogP contribution is -2.35. The Bertz CT molecular complexity index is 927. The van der Waals surface area contributed by atoms with E-state index in [0.717, 1.165) is 17.8 Å². The molecule has 0 saturated heterocycles. The van der Waals surface area contributed by atoms with Crippen molar-refractivity contribution in [2.45, 2.75) is 24.9 Å². The minimum Gasteiger partial charge on any atom is -0.351 e. The normalized spacial score (nSPS) is 12.0. The molecule has 146 valence electrons. The summed E-state index contributed by atoms with van der Waals surface area (Å²) in [4.78, 5) is 15.2. The third-order valence-corrected chi connectivity index (χ3v) is 5.25. The Morgan fingerprint density at radius 3 is 2.41 bits per heavy atom. The predicted molar refractivity (Wildman–Crippen MR) is 92.7 cm³/mol. The SMILES string of the molecule is Cc1ccc(C)c(S(=O)(=O)NCCNC(=O)c2ccc(C(F)(F)F)nc2)c1. The highest BCUT2D eigenvalue weighted by Crippen LogP contribution is 2.27. The molecule has 10 heteroatoms. The van der Waals surface area contributed by atoms with E-state index in [4.69, 9.17) is 0 Å². The molecule has 0 fully saturated rings. The number of amides is 1. The Hall–Kier alpha value is -2.46. The van der Waals surface area contributed by atoms with E-state index in [1.807, 2.05) is 0 Å². The monoisotopic (exact) mass is 401 g/mol. The molecule has 0 radical (unpaired) electrons. The summed E-state index contributed by atoms with van der Waals surface area (Å²) in [7, 11) is -3.74. The maximum Gasteiger partial charge on any atom is 0.433 e. The molecular formula is C17H18F3N3O3S. The minimum absolute atomic E-state index is 0.0377. The van der Waals surface area contributed by atoms with Crippen LogP contribution >= 0.6 is 0 Å². The van der Waals surface area contributed by atoms with Crippen molar-refractivity contribution < 1.29 is 26.4 Å². The van der Waals surface area contributed by atoms with Gasteiger partial charge in [0, 0.05) is 19.3 Å². The Kier molecular flexibility index (Phi) is 6.22. The topological polar surface area (TPSA) is 88.2 Å². The molecule has 2 N–H and O–H groups in total. The van der Waals surface area contributed by atoms with Gasteiger partial charge in [-0.1, -0.05) is 12.1 Å². The molecule has 2 rings (SSSR count). The number of nitrogens with one attached hydrogen (secondary N) is 2. The number of halogens is 3. The first kappa shape index (κ1) is 20.8. The van der Waals surface area contributed by atoms with Crippen LogP contribution in [0.4, 0.5) is 13.2 Å². The zero-order chi connectivity index (χ0) is 20.2. The molecule has 2 aromatic rings. The van der Waals surface area contributed by atoms with Crippen LogP contribution in [0.3, 0.4) is 0 Å². The zero-order valence-electron chi connectivity index (χ0n) is 14.6. The highest BCUT2D eigenvalue weighted by atomic mass is 32.2. The van der Waals surface area contributed by atoms with Crippen LogP contribution in [0.25, 0.3) is 0 Å². The molecule has 27 heavy (non-hydrogen) atoms. The summed E-state index contributed by atoms with van der Waals surface area (Å²) in [6.07, 6.45) is -3.76. The fourth-order valence-electron chi connectivity index (χ4n) is 2.23. The standard InChI is InChI=1S/C17H18F3N3O3S/c1-11-3-4-12(2)14(9-11)27(25,26)23-8-7-21-16(24)13-5-6-15(22-10-13)17(18,19)20/h3-6,9-10,23H,7-8H2,1-2H3,(H,21,24). The van der Waals surface area contributed by atoms with Gasteiger partial charge in [0.05, 0.1) is 10.5 Å². The number of aromatic nitrogens is 1. The van der Waals surface area contributed by atoms with Crippen LogP contribution in [0.2, 0.25) is 0 Å². The van der Waals surface area contributed by atoms with Crippen LogP contribution < -0.4 is 10.0 Å². The second-order valence-corrected chi connectivity index (χ2v) is 7.59. The van der Waals surface area contributed by atoms with Gasteiger partial charge in [0.1, 0.15) is 5.69 Å². The number of alkyl halides is 3. The number of pyridine rings is 1. The number of hydrogen-bond donors (Lipinski definition) is 2. The molecule has 1 aromatic heterocycles. The second kappa shape index (κ2) is 8.05. The highest BCUT2D eigenvalue weighted by molar-refractivity contribution is 7.89.